The predicted octanol–water partition coefficient (Wildman–Crippen LogP) is 3.29. The van der Waals surface area contributed by atoms with Crippen molar-refractivity contribution >= 4 is 27.8 Å². The minimum atomic E-state index is -1.08. The van der Waals surface area contributed by atoms with Gasteiger partial charge in [0.25, 0.3) is 0 Å². The number of nitrogens with one attached hydrogen (secondary N) is 1. The molecular formula is C16H20BrNO3. The van der Waals surface area contributed by atoms with Gasteiger partial charge >= 0.3 is 5.97 Å². The second-order valence-electron chi connectivity index (χ2n) is 5.65. The number of rotatable bonds is 4. The smallest absolute Gasteiger partial charge is 0.329 e. The summed E-state index contributed by atoms with van der Waals surface area (Å²) in [7, 11) is 0. The minimum Gasteiger partial charge on any atom is -0.480 e. The molecule has 0 radical (unpaired) electrons. The summed E-state index contributed by atoms with van der Waals surface area (Å²) >= 11 is 3.35. The van der Waals surface area contributed by atoms with Gasteiger partial charge in [-0.05, 0) is 30.5 Å². The van der Waals surface area contributed by atoms with Crippen molar-refractivity contribution in [1.82, 2.24) is 5.32 Å². The lowest BCUT2D eigenvalue weighted by atomic mass is 9.90. The largest absolute Gasteiger partial charge is 0.480 e. The summed E-state index contributed by atoms with van der Waals surface area (Å²) in [5.74, 6) is -1.13. The maximum absolute atomic E-state index is 12.2. The van der Waals surface area contributed by atoms with Gasteiger partial charge in [0.05, 0.1) is 6.42 Å². The van der Waals surface area contributed by atoms with Crippen LogP contribution >= 0.6 is 15.9 Å². The number of hydrogen-bond acceptors (Lipinski definition) is 2. The van der Waals surface area contributed by atoms with E-state index in [1.54, 1.807) is 0 Å². The maximum Gasteiger partial charge on any atom is 0.329 e. The lowest BCUT2D eigenvalue weighted by Gasteiger charge is -2.29. The Morgan fingerprint density at radius 2 is 1.67 bits per heavy atom. The number of benzene rings is 1. The Bertz CT molecular complexity index is 505. The molecule has 114 valence electrons. The number of hydrogen-bond donors (Lipinski definition) is 2. The minimum absolute atomic E-state index is 0.211. The van der Waals surface area contributed by atoms with Crippen molar-refractivity contribution in [3.05, 3.63) is 34.3 Å². The molecule has 1 aromatic rings. The fourth-order valence-electron chi connectivity index (χ4n) is 2.82. The Hall–Kier alpha value is -1.36. The molecule has 0 aliphatic heterocycles. The van der Waals surface area contributed by atoms with E-state index < -0.39 is 11.5 Å². The first-order valence-corrected chi connectivity index (χ1v) is 8.10. The van der Waals surface area contributed by atoms with E-state index in [1.807, 2.05) is 24.3 Å². The van der Waals surface area contributed by atoms with Crippen molar-refractivity contribution in [3.63, 3.8) is 0 Å². The highest BCUT2D eigenvalue weighted by molar-refractivity contribution is 9.10. The van der Waals surface area contributed by atoms with E-state index in [0.29, 0.717) is 12.8 Å². The monoisotopic (exact) mass is 353 g/mol. The molecule has 4 nitrogen and oxygen atoms in total. The quantitative estimate of drug-likeness (QED) is 0.816. The number of carboxylic acids is 1. The van der Waals surface area contributed by atoms with Crippen molar-refractivity contribution in [2.24, 2.45) is 0 Å². The fourth-order valence-corrected chi connectivity index (χ4v) is 3.09. The molecule has 0 bridgehead atoms. The van der Waals surface area contributed by atoms with Crippen LogP contribution in [0, 0.1) is 0 Å². The van der Waals surface area contributed by atoms with Crippen molar-refractivity contribution in [1.29, 1.82) is 0 Å². The lowest BCUT2D eigenvalue weighted by molar-refractivity contribution is -0.148. The van der Waals surface area contributed by atoms with Crippen LogP contribution < -0.4 is 5.32 Å². The summed E-state index contributed by atoms with van der Waals surface area (Å²) in [6.45, 7) is 0. The third-order valence-electron chi connectivity index (χ3n) is 4.02. The van der Waals surface area contributed by atoms with Crippen LogP contribution in [-0.4, -0.2) is 22.5 Å². The molecular weight excluding hydrogens is 334 g/mol. The number of amides is 1. The molecule has 0 atom stereocenters. The maximum atomic E-state index is 12.2. The predicted molar refractivity (Wildman–Crippen MR) is 84.1 cm³/mol. The molecule has 0 spiro atoms. The number of carbonyl (C=O) groups is 2. The van der Waals surface area contributed by atoms with Crippen LogP contribution in [-0.2, 0) is 16.0 Å². The summed E-state index contributed by atoms with van der Waals surface area (Å²) in [5, 5.41) is 12.3. The van der Waals surface area contributed by atoms with Crippen molar-refractivity contribution in [3.8, 4) is 0 Å². The number of carboxylic acid groups (broad SMARTS) is 1. The zero-order valence-corrected chi connectivity index (χ0v) is 13.5. The van der Waals surface area contributed by atoms with Gasteiger partial charge in [-0.15, -0.1) is 0 Å². The van der Waals surface area contributed by atoms with Crippen LogP contribution in [0.15, 0.2) is 28.7 Å². The van der Waals surface area contributed by atoms with E-state index in [2.05, 4.69) is 21.2 Å². The lowest BCUT2D eigenvalue weighted by Crippen LogP contribution is -2.54. The average molecular weight is 354 g/mol. The molecule has 0 aromatic heterocycles. The molecule has 21 heavy (non-hydrogen) atoms. The van der Waals surface area contributed by atoms with Crippen LogP contribution in [0.2, 0.25) is 0 Å². The van der Waals surface area contributed by atoms with Gasteiger partial charge in [0, 0.05) is 4.47 Å². The third kappa shape index (κ3) is 4.30. The topological polar surface area (TPSA) is 66.4 Å². The number of carbonyl (C=O) groups excluding carboxylic acids is 1. The molecule has 0 unspecified atom stereocenters. The van der Waals surface area contributed by atoms with E-state index in [-0.39, 0.29) is 12.3 Å². The first kappa shape index (κ1) is 16.0. The van der Waals surface area contributed by atoms with Crippen LogP contribution in [0.1, 0.15) is 44.1 Å². The molecule has 1 saturated carbocycles. The van der Waals surface area contributed by atoms with Crippen LogP contribution in [0.4, 0.5) is 0 Å². The Balaban J connectivity index is 2.04. The number of halogens is 1. The summed E-state index contributed by atoms with van der Waals surface area (Å²) in [5.41, 5.74) is -0.201. The van der Waals surface area contributed by atoms with Gasteiger partial charge in [-0.2, -0.15) is 0 Å². The zero-order valence-electron chi connectivity index (χ0n) is 11.9. The first-order valence-electron chi connectivity index (χ1n) is 7.31. The van der Waals surface area contributed by atoms with E-state index in [9.17, 15) is 14.7 Å². The second-order valence-corrected chi connectivity index (χ2v) is 6.57. The van der Waals surface area contributed by atoms with Crippen LogP contribution in [0.3, 0.4) is 0 Å². The van der Waals surface area contributed by atoms with Crippen molar-refractivity contribution < 1.29 is 14.7 Å². The molecule has 2 N–H and O–H groups in total. The molecule has 1 amide bonds. The van der Waals surface area contributed by atoms with Gasteiger partial charge in [0.2, 0.25) is 5.91 Å². The summed E-state index contributed by atoms with van der Waals surface area (Å²) in [6, 6.07) is 7.48. The molecule has 1 aromatic carbocycles. The fraction of sp³-hybridized carbons (Fsp3) is 0.500. The van der Waals surface area contributed by atoms with Gasteiger partial charge in [-0.25, -0.2) is 4.79 Å². The Morgan fingerprint density at radius 3 is 2.19 bits per heavy atom. The van der Waals surface area contributed by atoms with E-state index >= 15 is 0 Å². The highest BCUT2D eigenvalue weighted by atomic mass is 79.9. The standard InChI is InChI=1S/C16H20BrNO3/c17-13-7-5-12(6-8-13)11-14(19)18-16(15(20)21)9-3-1-2-4-10-16/h5-8H,1-4,9-11H2,(H,18,19)(H,20,21). The zero-order chi connectivity index (χ0) is 15.3. The Labute approximate surface area is 133 Å². The van der Waals surface area contributed by atoms with Crippen LogP contribution in [0.5, 0.6) is 0 Å². The number of aliphatic carboxylic acids is 1. The van der Waals surface area contributed by atoms with Gasteiger partial charge in [-0.1, -0.05) is 53.7 Å². The Kier molecular flexibility index (Phi) is 5.39. The van der Waals surface area contributed by atoms with Crippen LogP contribution in [0.25, 0.3) is 0 Å². The first-order chi connectivity index (χ1) is 10.0. The highest BCUT2D eigenvalue weighted by Crippen LogP contribution is 2.27. The molecule has 1 fully saturated rings. The van der Waals surface area contributed by atoms with Crippen molar-refractivity contribution in [2.75, 3.05) is 0 Å². The molecule has 5 heteroatoms. The van der Waals surface area contributed by atoms with Gasteiger partial charge in [0.15, 0.2) is 0 Å². The van der Waals surface area contributed by atoms with E-state index in [1.165, 1.54) is 0 Å². The van der Waals surface area contributed by atoms with E-state index in [4.69, 9.17) is 0 Å². The molecule has 1 aliphatic carbocycles. The average Bonchev–Trinajstić information content (AvgIpc) is 2.68. The Morgan fingerprint density at radius 1 is 1.10 bits per heavy atom. The molecule has 0 saturated heterocycles. The van der Waals surface area contributed by atoms with E-state index in [0.717, 1.165) is 35.7 Å². The second kappa shape index (κ2) is 7.07. The molecule has 0 heterocycles. The third-order valence-corrected chi connectivity index (χ3v) is 4.55. The van der Waals surface area contributed by atoms with Gasteiger partial charge < -0.3 is 10.4 Å². The summed E-state index contributed by atoms with van der Waals surface area (Å²) in [6.07, 6.45) is 5.04. The summed E-state index contributed by atoms with van der Waals surface area (Å²) in [4.78, 5) is 23.8. The van der Waals surface area contributed by atoms with Gasteiger partial charge in [0.1, 0.15) is 5.54 Å². The normalized spacial score (nSPS) is 17.8. The highest BCUT2D eigenvalue weighted by Gasteiger charge is 2.39. The molecule has 2 rings (SSSR count). The molecule has 1 aliphatic rings. The van der Waals surface area contributed by atoms with Crippen molar-refractivity contribution in [2.45, 2.75) is 50.5 Å². The summed E-state index contributed by atoms with van der Waals surface area (Å²) < 4.78 is 0.956. The van der Waals surface area contributed by atoms with Gasteiger partial charge in [-0.3, -0.25) is 4.79 Å². The SMILES string of the molecule is O=C(Cc1ccc(Br)cc1)NC1(C(=O)O)CCCCCC1.